The van der Waals surface area contributed by atoms with Gasteiger partial charge in [-0.1, -0.05) is 23.7 Å². The molecule has 27 heavy (non-hydrogen) atoms. The van der Waals surface area contributed by atoms with Crippen molar-refractivity contribution in [3.8, 4) is 0 Å². The molecule has 2 aromatic carbocycles. The van der Waals surface area contributed by atoms with Crippen LogP contribution in [0.3, 0.4) is 0 Å². The molecule has 4 rings (SSSR count). The van der Waals surface area contributed by atoms with Crippen molar-refractivity contribution in [2.45, 2.75) is 37.6 Å². The van der Waals surface area contributed by atoms with E-state index >= 15 is 0 Å². The summed E-state index contributed by atoms with van der Waals surface area (Å²) in [6.45, 7) is 3.00. The first-order chi connectivity index (χ1) is 12.8. The van der Waals surface area contributed by atoms with Gasteiger partial charge in [0.2, 0.25) is 5.91 Å². The first kappa shape index (κ1) is 18.3. The second-order valence-electron chi connectivity index (χ2n) is 7.28. The fraction of sp³-hybridized carbons (Fsp3) is 0.350. The molecule has 1 saturated carbocycles. The predicted octanol–water partition coefficient (Wildman–Crippen LogP) is 3.74. The highest BCUT2D eigenvalue weighted by Crippen LogP contribution is 2.33. The van der Waals surface area contributed by atoms with Crippen LogP contribution in [0.4, 0.5) is 5.69 Å². The number of nitrogens with zero attached hydrogens (tertiary/aromatic N) is 1. The van der Waals surface area contributed by atoms with E-state index in [1.54, 1.807) is 25.1 Å². The number of anilines is 1. The fourth-order valence-electron chi connectivity index (χ4n) is 3.47. The van der Waals surface area contributed by atoms with Crippen molar-refractivity contribution < 1.29 is 13.2 Å². The third-order valence-corrected chi connectivity index (χ3v) is 6.91. The first-order valence-electron chi connectivity index (χ1n) is 9.03. The molecule has 0 unspecified atom stereocenters. The molecule has 0 spiro atoms. The lowest BCUT2D eigenvalue weighted by Gasteiger charge is -2.29. The van der Waals surface area contributed by atoms with Crippen molar-refractivity contribution in [2.75, 3.05) is 11.3 Å². The number of rotatable bonds is 4. The Labute approximate surface area is 164 Å². The molecule has 1 aliphatic heterocycles. The van der Waals surface area contributed by atoms with Gasteiger partial charge in [0.15, 0.2) is 0 Å². The van der Waals surface area contributed by atoms with Gasteiger partial charge in [-0.15, -0.1) is 0 Å². The second kappa shape index (κ2) is 6.84. The van der Waals surface area contributed by atoms with Gasteiger partial charge in [0.05, 0.1) is 4.90 Å². The molecule has 0 saturated heterocycles. The SMILES string of the molecule is Cc1ccc(Cl)cc1S(=O)(=O)Nc1ccc2c(c1)CN(C(=O)C1CC1)CC2. The molecule has 2 aromatic rings. The zero-order valence-electron chi connectivity index (χ0n) is 15.0. The van der Waals surface area contributed by atoms with Crippen LogP contribution < -0.4 is 4.72 Å². The monoisotopic (exact) mass is 404 g/mol. The summed E-state index contributed by atoms with van der Waals surface area (Å²) in [6.07, 6.45) is 2.77. The predicted molar refractivity (Wildman–Crippen MR) is 105 cm³/mol. The van der Waals surface area contributed by atoms with Crippen LogP contribution in [0.15, 0.2) is 41.3 Å². The highest BCUT2D eigenvalue weighted by Gasteiger charge is 2.34. The van der Waals surface area contributed by atoms with Gasteiger partial charge in [0.25, 0.3) is 10.0 Å². The Hall–Kier alpha value is -2.05. The van der Waals surface area contributed by atoms with Crippen molar-refractivity contribution in [3.05, 3.63) is 58.1 Å². The van der Waals surface area contributed by atoms with E-state index < -0.39 is 10.0 Å². The molecular weight excluding hydrogens is 384 g/mol. The molecule has 142 valence electrons. The molecule has 0 atom stereocenters. The number of carbonyl (C=O) groups excluding carboxylic acids is 1. The average molecular weight is 405 g/mol. The topological polar surface area (TPSA) is 66.5 Å². The second-order valence-corrected chi connectivity index (χ2v) is 9.37. The lowest BCUT2D eigenvalue weighted by molar-refractivity contribution is -0.133. The third-order valence-electron chi connectivity index (χ3n) is 5.15. The van der Waals surface area contributed by atoms with Crippen molar-refractivity contribution in [3.63, 3.8) is 0 Å². The van der Waals surface area contributed by atoms with Crippen LogP contribution in [0.2, 0.25) is 5.02 Å². The fourth-order valence-corrected chi connectivity index (χ4v) is 5.03. The molecule has 1 fully saturated rings. The van der Waals surface area contributed by atoms with Crippen molar-refractivity contribution >= 4 is 33.2 Å². The number of aryl methyl sites for hydroxylation is 1. The number of benzene rings is 2. The maximum absolute atomic E-state index is 12.8. The van der Waals surface area contributed by atoms with E-state index in [-0.39, 0.29) is 16.7 Å². The van der Waals surface area contributed by atoms with Crippen LogP contribution >= 0.6 is 11.6 Å². The summed E-state index contributed by atoms with van der Waals surface area (Å²) in [5, 5.41) is 0.376. The Balaban J connectivity index is 1.58. The van der Waals surface area contributed by atoms with Crippen LogP contribution in [0.5, 0.6) is 0 Å². The number of amides is 1. The summed E-state index contributed by atoms with van der Waals surface area (Å²) in [5.41, 5.74) is 3.29. The minimum atomic E-state index is -3.74. The molecule has 0 aromatic heterocycles. The number of hydrogen-bond donors (Lipinski definition) is 1. The number of sulfonamides is 1. The molecule has 1 N–H and O–H groups in total. The van der Waals surface area contributed by atoms with Crippen molar-refractivity contribution in [2.24, 2.45) is 5.92 Å². The summed E-state index contributed by atoms with van der Waals surface area (Å²) in [4.78, 5) is 14.4. The van der Waals surface area contributed by atoms with E-state index in [0.29, 0.717) is 22.8 Å². The van der Waals surface area contributed by atoms with E-state index in [9.17, 15) is 13.2 Å². The van der Waals surface area contributed by atoms with Gasteiger partial charge < -0.3 is 4.90 Å². The zero-order valence-corrected chi connectivity index (χ0v) is 16.6. The van der Waals surface area contributed by atoms with Crippen molar-refractivity contribution in [1.29, 1.82) is 0 Å². The quantitative estimate of drug-likeness (QED) is 0.843. The van der Waals surface area contributed by atoms with Crippen LogP contribution in [0.1, 0.15) is 29.5 Å². The highest BCUT2D eigenvalue weighted by molar-refractivity contribution is 7.92. The smallest absolute Gasteiger partial charge is 0.262 e. The van der Waals surface area contributed by atoms with Gasteiger partial charge in [-0.2, -0.15) is 0 Å². The van der Waals surface area contributed by atoms with Crippen LogP contribution in [-0.4, -0.2) is 25.8 Å². The van der Waals surface area contributed by atoms with Crippen molar-refractivity contribution in [1.82, 2.24) is 4.90 Å². The maximum Gasteiger partial charge on any atom is 0.262 e. The summed E-state index contributed by atoms with van der Waals surface area (Å²) in [5.74, 6) is 0.417. The van der Waals surface area contributed by atoms with Crippen LogP contribution in [0.25, 0.3) is 0 Å². The largest absolute Gasteiger partial charge is 0.338 e. The minimum absolute atomic E-state index is 0.165. The Morgan fingerprint density at radius 2 is 1.93 bits per heavy atom. The van der Waals surface area contributed by atoms with Crippen LogP contribution in [-0.2, 0) is 27.8 Å². The molecule has 1 heterocycles. The lowest BCUT2D eigenvalue weighted by atomic mass is 9.99. The Bertz CT molecular complexity index is 1020. The van der Waals surface area contributed by atoms with E-state index in [1.165, 1.54) is 6.07 Å². The minimum Gasteiger partial charge on any atom is -0.338 e. The molecule has 7 heteroatoms. The zero-order chi connectivity index (χ0) is 19.2. The van der Waals surface area contributed by atoms with Gasteiger partial charge in [0, 0.05) is 29.7 Å². The van der Waals surface area contributed by atoms with E-state index in [1.807, 2.05) is 17.0 Å². The van der Waals surface area contributed by atoms with Gasteiger partial charge in [0.1, 0.15) is 0 Å². The van der Waals surface area contributed by atoms with E-state index in [4.69, 9.17) is 11.6 Å². The summed E-state index contributed by atoms with van der Waals surface area (Å²) in [6, 6.07) is 10.4. The van der Waals surface area contributed by atoms with Gasteiger partial charge in [-0.05, 0) is 67.1 Å². The first-order valence-corrected chi connectivity index (χ1v) is 10.9. The van der Waals surface area contributed by atoms with E-state index in [0.717, 1.165) is 36.9 Å². The molecule has 0 bridgehead atoms. The number of carbonyl (C=O) groups is 1. The van der Waals surface area contributed by atoms with Crippen LogP contribution in [0, 0.1) is 12.8 Å². The average Bonchev–Trinajstić information content (AvgIpc) is 3.47. The molecule has 5 nitrogen and oxygen atoms in total. The standard InChI is InChI=1S/C20H21ClN2O3S/c1-13-2-6-17(21)11-19(13)27(25,26)22-18-7-5-14-8-9-23(12-16(14)10-18)20(24)15-3-4-15/h2,5-7,10-11,15,22H,3-4,8-9,12H2,1H3. The summed E-state index contributed by atoms with van der Waals surface area (Å²) in [7, 11) is -3.74. The summed E-state index contributed by atoms with van der Waals surface area (Å²) >= 11 is 5.97. The normalized spacial score (nSPS) is 16.7. The Kier molecular flexibility index (Phi) is 4.64. The highest BCUT2D eigenvalue weighted by atomic mass is 35.5. The molecule has 1 aliphatic carbocycles. The van der Waals surface area contributed by atoms with Gasteiger partial charge in [-0.3, -0.25) is 9.52 Å². The molecule has 2 aliphatic rings. The number of nitrogens with one attached hydrogen (secondary N) is 1. The molecule has 1 amide bonds. The number of halogens is 1. The summed E-state index contributed by atoms with van der Waals surface area (Å²) < 4.78 is 28.2. The molecular formula is C20H21ClN2O3S. The Morgan fingerprint density at radius 3 is 2.67 bits per heavy atom. The van der Waals surface area contributed by atoms with E-state index in [2.05, 4.69) is 4.72 Å². The number of fused-ring (bicyclic) bond motifs is 1. The number of hydrogen-bond acceptors (Lipinski definition) is 3. The van der Waals surface area contributed by atoms with Gasteiger partial charge in [-0.25, -0.2) is 8.42 Å². The third kappa shape index (κ3) is 3.82. The Morgan fingerprint density at radius 1 is 1.15 bits per heavy atom. The van der Waals surface area contributed by atoms with Gasteiger partial charge >= 0.3 is 0 Å². The molecule has 0 radical (unpaired) electrons. The lowest BCUT2D eigenvalue weighted by Crippen LogP contribution is -2.36. The maximum atomic E-state index is 12.8.